The van der Waals surface area contributed by atoms with Gasteiger partial charge in [-0.25, -0.2) is 8.42 Å². The van der Waals surface area contributed by atoms with Crippen LogP contribution in [0.2, 0.25) is 0 Å². The minimum Gasteiger partial charge on any atom is -0.494 e. The van der Waals surface area contributed by atoms with Crippen LogP contribution in [0.3, 0.4) is 0 Å². The lowest BCUT2D eigenvalue weighted by molar-refractivity contribution is -0.116. The fraction of sp³-hybridized carbons (Fsp3) is 0.278. The van der Waals surface area contributed by atoms with E-state index in [9.17, 15) is 13.2 Å². The van der Waals surface area contributed by atoms with Gasteiger partial charge in [-0.3, -0.25) is 4.79 Å². The summed E-state index contributed by atoms with van der Waals surface area (Å²) in [6, 6.07) is 13.9. The predicted octanol–water partition coefficient (Wildman–Crippen LogP) is 3.96. The fourth-order valence-corrected chi connectivity index (χ4v) is 3.65. The molecule has 6 heteroatoms. The Morgan fingerprint density at radius 3 is 2.29 bits per heavy atom. The first-order valence-corrected chi connectivity index (χ1v) is 10.0. The molecule has 0 heterocycles. The lowest BCUT2D eigenvalue weighted by atomic mass is 10.2. The minimum absolute atomic E-state index is 0.182. The number of aryl methyl sites for hydroxylation is 1. The zero-order valence-electron chi connectivity index (χ0n) is 13.4. The molecule has 0 bridgehead atoms. The zero-order chi connectivity index (χ0) is 17.6. The maximum absolute atomic E-state index is 12.2. The Labute approximate surface area is 150 Å². The van der Waals surface area contributed by atoms with Crippen LogP contribution < -0.4 is 4.74 Å². The van der Waals surface area contributed by atoms with Crippen molar-refractivity contribution >= 4 is 31.6 Å². The number of ether oxygens (including phenoxy) is 1. The van der Waals surface area contributed by atoms with Crippen LogP contribution in [0.4, 0.5) is 0 Å². The Hall–Kier alpha value is -1.66. The topological polar surface area (TPSA) is 60.4 Å². The summed E-state index contributed by atoms with van der Waals surface area (Å²) in [7, 11) is -3.57. The molecule has 2 aromatic rings. The van der Waals surface area contributed by atoms with E-state index in [4.69, 9.17) is 4.74 Å². The van der Waals surface area contributed by atoms with Gasteiger partial charge in [0.15, 0.2) is 9.84 Å². The summed E-state index contributed by atoms with van der Waals surface area (Å²) in [4.78, 5) is 12.1. The van der Waals surface area contributed by atoms with E-state index in [1.54, 1.807) is 12.1 Å². The molecule has 0 fully saturated rings. The molecule has 0 aromatic heterocycles. The van der Waals surface area contributed by atoms with Gasteiger partial charge in [-0.15, -0.1) is 0 Å². The van der Waals surface area contributed by atoms with Gasteiger partial charge in [-0.2, -0.15) is 0 Å². The van der Waals surface area contributed by atoms with Gasteiger partial charge in [0, 0.05) is 10.9 Å². The molecule has 0 aliphatic rings. The van der Waals surface area contributed by atoms with Crippen molar-refractivity contribution in [2.45, 2.75) is 24.7 Å². The van der Waals surface area contributed by atoms with E-state index < -0.39 is 15.6 Å². The number of carbonyl (C=O) groups is 1. The van der Waals surface area contributed by atoms with Gasteiger partial charge >= 0.3 is 0 Å². The number of benzene rings is 2. The van der Waals surface area contributed by atoms with Gasteiger partial charge in [-0.05, 0) is 49.7 Å². The van der Waals surface area contributed by atoms with E-state index in [2.05, 4.69) is 15.9 Å². The standard InChI is InChI=1S/C18H19BrO4S/c1-14-4-10-18(11-5-14)24(21,22)13-16(20)3-2-12-23-17-8-6-15(19)7-9-17/h4-11H,2-3,12-13H2,1H3. The van der Waals surface area contributed by atoms with Crippen LogP contribution in [-0.4, -0.2) is 26.6 Å². The van der Waals surface area contributed by atoms with Gasteiger partial charge < -0.3 is 4.74 Å². The molecular formula is C18H19BrO4S. The Bertz CT molecular complexity index is 781. The van der Waals surface area contributed by atoms with Crippen LogP contribution in [-0.2, 0) is 14.6 Å². The number of sulfone groups is 1. The van der Waals surface area contributed by atoms with Crippen molar-refractivity contribution < 1.29 is 17.9 Å². The monoisotopic (exact) mass is 410 g/mol. The van der Waals surface area contributed by atoms with Crippen LogP contribution >= 0.6 is 15.9 Å². The lowest BCUT2D eigenvalue weighted by Crippen LogP contribution is -2.17. The van der Waals surface area contributed by atoms with Crippen molar-refractivity contribution in [2.24, 2.45) is 0 Å². The first-order valence-electron chi connectivity index (χ1n) is 7.56. The van der Waals surface area contributed by atoms with Crippen molar-refractivity contribution in [3.63, 3.8) is 0 Å². The second-order valence-electron chi connectivity index (χ2n) is 5.52. The highest BCUT2D eigenvalue weighted by Gasteiger charge is 2.18. The molecule has 128 valence electrons. The molecule has 0 spiro atoms. The molecule has 24 heavy (non-hydrogen) atoms. The number of rotatable bonds is 8. The molecule has 0 radical (unpaired) electrons. The first-order chi connectivity index (χ1) is 11.4. The Balaban J connectivity index is 1.78. The SMILES string of the molecule is Cc1ccc(S(=O)(=O)CC(=O)CCCOc2ccc(Br)cc2)cc1. The largest absolute Gasteiger partial charge is 0.494 e. The van der Waals surface area contributed by atoms with E-state index in [1.165, 1.54) is 12.1 Å². The summed E-state index contributed by atoms with van der Waals surface area (Å²) in [6.07, 6.45) is 0.667. The number of hydrogen-bond acceptors (Lipinski definition) is 4. The third kappa shape index (κ3) is 5.76. The van der Waals surface area contributed by atoms with Gasteiger partial charge in [-0.1, -0.05) is 33.6 Å². The number of ketones is 1. The summed E-state index contributed by atoms with van der Waals surface area (Å²) in [5.41, 5.74) is 0.977. The Kier molecular flexibility index (Phi) is 6.57. The molecule has 0 amide bonds. The third-order valence-corrected chi connectivity index (χ3v) is 5.63. The predicted molar refractivity (Wildman–Crippen MR) is 97.1 cm³/mol. The second-order valence-corrected chi connectivity index (χ2v) is 8.42. The minimum atomic E-state index is -3.57. The van der Waals surface area contributed by atoms with Crippen LogP contribution in [0.25, 0.3) is 0 Å². The van der Waals surface area contributed by atoms with Gasteiger partial charge in [0.05, 0.1) is 11.5 Å². The smallest absolute Gasteiger partial charge is 0.185 e. The van der Waals surface area contributed by atoms with Gasteiger partial charge in [0.1, 0.15) is 17.3 Å². The van der Waals surface area contributed by atoms with Crippen molar-refractivity contribution in [1.82, 2.24) is 0 Å². The molecule has 2 aromatic carbocycles. The Morgan fingerprint density at radius 1 is 1.04 bits per heavy atom. The van der Waals surface area contributed by atoms with E-state index in [0.29, 0.717) is 13.0 Å². The number of carbonyl (C=O) groups excluding carboxylic acids is 1. The fourth-order valence-electron chi connectivity index (χ4n) is 2.10. The highest BCUT2D eigenvalue weighted by Crippen LogP contribution is 2.17. The third-order valence-electron chi connectivity index (χ3n) is 3.41. The molecule has 0 unspecified atom stereocenters. The molecule has 0 aliphatic heterocycles. The highest BCUT2D eigenvalue weighted by atomic mass is 79.9. The molecule has 2 rings (SSSR count). The van der Waals surface area contributed by atoms with Crippen LogP contribution in [0.5, 0.6) is 5.75 Å². The zero-order valence-corrected chi connectivity index (χ0v) is 15.8. The van der Waals surface area contributed by atoms with Crippen molar-refractivity contribution in [2.75, 3.05) is 12.4 Å². The van der Waals surface area contributed by atoms with Crippen molar-refractivity contribution in [1.29, 1.82) is 0 Å². The maximum atomic E-state index is 12.2. The van der Waals surface area contributed by atoms with Crippen LogP contribution in [0.15, 0.2) is 57.9 Å². The molecular weight excluding hydrogens is 392 g/mol. The summed E-state index contributed by atoms with van der Waals surface area (Å²) >= 11 is 3.34. The van der Waals surface area contributed by atoms with Crippen molar-refractivity contribution in [3.8, 4) is 5.75 Å². The molecule has 0 saturated carbocycles. The summed E-state index contributed by atoms with van der Waals surface area (Å²) in [5, 5.41) is 0. The number of Topliss-reactive ketones (excluding diaryl/α,β-unsaturated/α-hetero) is 1. The maximum Gasteiger partial charge on any atom is 0.185 e. The molecule has 0 saturated heterocycles. The molecule has 0 atom stereocenters. The first kappa shape index (κ1) is 18.7. The highest BCUT2D eigenvalue weighted by molar-refractivity contribution is 9.10. The molecule has 0 N–H and O–H groups in total. The summed E-state index contributed by atoms with van der Waals surface area (Å²) in [6.45, 7) is 2.25. The quantitative estimate of drug-likeness (QED) is 0.617. The number of halogens is 1. The summed E-state index contributed by atoms with van der Waals surface area (Å²) < 4.78 is 30.8. The average molecular weight is 411 g/mol. The van der Waals surface area contributed by atoms with Gasteiger partial charge in [0.25, 0.3) is 0 Å². The van der Waals surface area contributed by atoms with Crippen molar-refractivity contribution in [3.05, 3.63) is 58.6 Å². The van der Waals surface area contributed by atoms with E-state index >= 15 is 0 Å². The van der Waals surface area contributed by atoms with E-state index in [1.807, 2.05) is 31.2 Å². The van der Waals surface area contributed by atoms with Crippen LogP contribution in [0, 0.1) is 6.92 Å². The lowest BCUT2D eigenvalue weighted by Gasteiger charge is -2.07. The average Bonchev–Trinajstić information content (AvgIpc) is 2.53. The molecule has 0 aliphatic carbocycles. The Morgan fingerprint density at radius 2 is 1.67 bits per heavy atom. The number of hydrogen-bond donors (Lipinski definition) is 0. The molecule has 4 nitrogen and oxygen atoms in total. The second kappa shape index (κ2) is 8.44. The summed E-state index contributed by atoms with van der Waals surface area (Å²) in [5.74, 6) is -0.0400. The normalized spacial score (nSPS) is 11.2. The van der Waals surface area contributed by atoms with E-state index in [-0.39, 0.29) is 17.1 Å². The van der Waals surface area contributed by atoms with Crippen LogP contribution in [0.1, 0.15) is 18.4 Å². The van der Waals surface area contributed by atoms with E-state index in [0.717, 1.165) is 15.8 Å². The van der Waals surface area contributed by atoms with Gasteiger partial charge in [0.2, 0.25) is 0 Å².